The average molecular weight is 212 g/mol. The van der Waals surface area contributed by atoms with Crippen molar-refractivity contribution in [2.45, 2.75) is 6.10 Å². The van der Waals surface area contributed by atoms with Crippen LogP contribution in [-0.2, 0) is 4.74 Å². The van der Waals surface area contributed by atoms with E-state index in [4.69, 9.17) is 26.6 Å². The Balaban J connectivity index is 3.32. The lowest BCUT2D eigenvalue weighted by Gasteiger charge is -2.17. The smallest absolute Gasteiger partial charge is 0.104 e. The second-order valence-electron chi connectivity index (χ2n) is 2.85. The molecule has 0 heterocycles. The molecule has 0 amide bonds. The monoisotopic (exact) mass is 211 g/mol. The summed E-state index contributed by atoms with van der Waals surface area (Å²) in [5, 5.41) is 17.3. The largest absolute Gasteiger partial charge is 0.394 e. The van der Waals surface area contributed by atoms with Gasteiger partial charge in [-0.05, 0) is 7.05 Å². The van der Waals surface area contributed by atoms with E-state index in [1.54, 1.807) is 0 Å². The van der Waals surface area contributed by atoms with Crippen molar-refractivity contribution in [2.24, 2.45) is 0 Å². The summed E-state index contributed by atoms with van der Waals surface area (Å²) in [5.41, 5.74) is 0. The summed E-state index contributed by atoms with van der Waals surface area (Å²) in [7, 11) is 1.94. The van der Waals surface area contributed by atoms with Gasteiger partial charge in [-0.1, -0.05) is 0 Å². The highest BCUT2D eigenvalue weighted by molar-refractivity contribution is 6.18. The van der Waals surface area contributed by atoms with Crippen LogP contribution in [0.3, 0.4) is 0 Å². The van der Waals surface area contributed by atoms with Crippen molar-refractivity contribution in [3.8, 4) is 0 Å². The summed E-state index contributed by atoms with van der Waals surface area (Å²) in [4.78, 5) is 2.03. The minimum Gasteiger partial charge on any atom is -0.394 e. The molecule has 80 valence electrons. The summed E-state index contributed by atoms with van der Waals surface area (Å²) < 4.78 is 5.17. The topological polar surface area (TPSA) is 52.9 Å². The van der Waals surface area contributed by atoms with Gasteiger partial charge in [-0.3, -0.25) is 0 Å². The molecule has 0 aliphatic rings. The van der Waals surface area contributed by atoms with E-state index in [1.807, 2.05) is 11.9 Å². The third-order valence-electron chi connectivity index (χ3n) is 1.70. The molecule has 0 saturated carbocycles. The van der Waals surface area contributed by atoms with Crippen molar-refractivity contribution in [1.82, 2.24) is 4.90 Å². The molecule has 0 aromatic carbocycles. The average Bonchev–Trinajstić information content (AvgIpc) is 2.13. The number of hydrogen-bond acceptors (Lipinski definition) is 4. The van der Waals surface area contributed by atoms with Crippen molar-refractivity contribution >= 4 is 11.6 Å². The Morgan fingerprint density at radius 3 is 2.38 bits per heavy atom. The zero-order valence-electron chi connectivity index (χ0n) is 7.95. The maximum absolute atomic E-state index is 8.67. The van der Waals surface area contributed by atoms with Gasteiger partial charge < -0.3 is 19.8 Å². The molecule has 2 N–H and O–H groups in total. The molecule has 4 nitrogen and oxygen atoms in total. The lowest BCUT2D eigenvalue weighted by Crippen LogP contribution is -2.29. The zero-order chi connectivity index (χ0) is 10.1. The Hall–Kier alpha value is 0.130. The second kappa shape index (κ2) is 8.72. The van der Waals surface area contributed by atoms with Crippen LogP contribution >= 0.6 is 11.6 Å². The molecule has 0 saturated heterocycles. The fourth-order valence-electron chi connectivity index (χ4n) is 0.794. The van der Waals surface area contributed by atoms with Gasteiger partial charge in [-0.2, -0.15) is 0 Å². The number of ether oxygens (including phenoxy) is 1. The van der Waals surface area contributed by atoms with Crippen molar-refractivity contribution in [1.29, 1.82) is 0 Å². The summed E-state index contributed by atoms with van der Waals surface area (Å²) >= 11 is 5.53. The number of aliphatic hydroxyl groups is 2. The molecule has 0 aliphatic heterocycles. The van der Waals surface area contributed by atoms with Gasteiger partial charge in [0.05, 0.1) is 19.8 Å². The van der Waals surface area contributed by atoms with Crippen LogP contribution in [0.25, 0.3) is 0 Å². The van der Waals surface area contributed by atoms with Gasteiger partial charge in [-0.25, -0.2) is 0 Å². The second-order valence-corrected chi connectivity index (χ2v) is 3.23. The van der Waals surface area contributed by atoms with E-state index in [0.717, 1.165) is 13.1 Å². The highest BCUT2D eigenvalue weighted by atomic mass is 35.5. The first-order valence-corrected chi connectivity index (χ1v) is 4.85. The van der Waals surface area contributed by atoms with Crippen LogP contribution in [0, 0.1) is 0 Å². The molecule has 0 radical (unpaired) electrons. The molecule has 13 heavy (non-hydrogen) atoms. The van der Waals surface area contributed by atoms with Crippen molar-refractivity contribution in [3.05, 3.63) is 0 Å². The van der Waals surface area contributed by atoms with Crippen LogP contribution in [0.2, 0.25) is 0 Å². The van der Waals surface area contributed by atoms with Gasteiger partial charge in [0.15, 0.2) is 0 Å². The first-order valence-electron chi connectivity index (χ1n) is 4.32. The van der Waals surface area contributed by atoms with Gasteiger partial charge >= 0.3 is 0 Å². The first kappa shape index (κ1) is 13.1. The minimum atomic E-state index is -0.454. The number of rotatable bonds is 8. The quantitative estimate of drug-likeness (QED) is 0.533. The molecular formula is C8H18ClNO3. The molecule has 0 rings (SSSR count). The molecule has 5 heteroatoms. The van der Waals surface area contributed by atoms with Gasteiger partial charge in [0.25, 0.3) is 0 Å². The van der Waals surface area contributed by atoms with Gasteiger partial charge in [0, 0.05) is 19.0 Å². The molecule has 0 fully saturated rings. The fourth-order valence-corrected chi connectivity index (χ4v) is 1.08. The highest BCUT2D eigenvalue weighted by Crippen LogP contribution is 1.91. The van der Waals surface area contributed by atoms with Crippen LogP contribution < -0.4 is 0 Å². The summed E-state index contributed by atoms with van der Waals surface area (Å²) in [6.45, 7) is 1.78. The van der Waals surface area contributed by atoms with E-state index >= 15 is 0 Å². The fraction of sp³-hybridized carbons (Fsp3) is 1.00. The number of hydrogen-bond donors (Lipinski definition) is 2. The number of alkyl halides is 1. The van der Waals surface area contributed by atoms with Crippen molar-refractivity contribution < 1.29 is 14.9 Å². The predicted molar refractivity (Wildman–Crippen MR) is 52.1 cm³/mol. The van der Waals surface area contributed by atoms with E-state index in [-0.39, 0.29) is 13.2 Å². The summed E-state index contributed by atoms with van der Waals surface area (Å²) in [6.07, 6.45) is -0.454. The summed E-state index contributed by atoms with van der Waals surface area (Å²) in [6, 6.07) is 0. The Kier molecular flexibility index (Phi) is 8.80. The molecule has 0 bridgehead atoms. The summed E-state index contributed by atoms with van der Waals surface area (Å²) in [5.74, 6) is 0.597. The third kappa shape index (κ3) is 7.22. The maximum Gasteiger partial charge on any atom is 0.104 e. The molecule has 0 atom stereocenters. The van der Waals surface area contributed by atoms with Gasteiger partial charge in [-0.15, -0.1) is 11.6 Å². The van der Waals surface area contributed by atoms with Crippen LogP contribution in [0.15, 0.2) is 0 Å². The molecular weight excluding hydrogens is 194 g/mol. The van der Waals surface area contributed by atoms with Crippen LogP contribution in [-0.4, -0.2) is 67.1 Å². The van der Waals surface area contributed by atoms with E-state index < -0.39 is 6.10 Å². The molecule has 0 spiro atoms. The lowest BCUT2D eigenvalue weighted by atomic mass is 10.4. The normalized spacial score (nSPS) is 11.5. The Labute approximate surface area is 84.1 Å². The molecule has 0 unspecified atom stereocenters. The van der Waals surface area contributed by atoms with Crippen LogP contribution in [0.5, 0.6) is 0 Å². The zero-order valence-corrected chi connectivity index (χ0v) is 8.70. The Bertz CT molecular complexity index is 112. The molecule has 0 aromatic rings. The maximum atomic E-state index is 8.67. The highest BCUT2D eigenvalue weighted by Gasteiger charge is 2.05. The number of nitrogens with zero attached hydrogens (tertiary/aromatic N) is 1. The van der Waals surface area contributed by atoms with Crippen molar-refractivity contribution in [2.75, 3.05) is 45.8 Å². The molecule has 0 aliphatic carbocycles. The lowest BCUT2D eigenvalue weighted by molar-refractivity contribution is -0.0245. The van der Waals surface area contributed by atoms with E-state index in [9.17, 15) is 0 Å². The van der Waals surface area contributed by atoms with Gasteiger partial charge in [0.2, 0.25) is 0 Å². The van der Waals surface area contributed by atoms with Crippen LogP contribution in [0.4, 0.5) is 0 Å². The number of likely N-dealkylation sites (N-methyl/N-ethyl adjacent to an activating group) is 1. The standard InChI is InChI=1S/C8H18ClNO3/c1-10(3-2-9)4-5-13-8(6-11)7-12/h8,11-12H,2-7H2,1H3. The van der Waals surface area contributed by atoms with Crippen LogP contribution in [0.1, 0.15) is 0 Å². The van der Waals surface area contributed by atoms with E-state index in [2.05, 4.69) is 0 Å². The minimum absolute atomic E-state index is 0.143. The number of aliphatic hydroxyl groups excluding tert-OH is 2. The SMILES string of the molecule is CN(CCCl)CCOC(CO)CO. The Morgan fingerprint density at radius 2 is 1.92 bits per heavy atom. The van der Waals surface area contributed by atoms with Crippen molar-refractivity contribution in [3.63, 3.8) is 0 Å². The van der Waals surface area contributed by atoms with Gasteiger partial charge in [0.1, 0.15) is 6.10 Å². The third-order valence-corrected chi connectivity index (χ3v) is 1.87. The van der Waals surface area contributed by atoms with E-state index in [1.165, 1.54) is 0 Å². The Morgan fingerprint density at radius 1 is 1.31 bits per heavy atom. The molecule has 0 aromatic heterocycles. The first-order chi connectivity index (χ1) is 6.24. The predicted octanol–water partition coefficient (Wildman–Crippen LogP) is -0.473. The number of halogens is 1. The van der Waals surface area contributed by atoms with E-state index in [0.29, 0.717) is 12.5 Å².